The van der Waals surface area contributed by atoms with Gasteiger partial charge in [-0.1, -0.05) is 147 Å². The molecule has 0 amide bonds. The molecule has 0 bridgehead atoms. The number of furan rings is 1. The number of aromatic nitrogens is 3. The van der Waals surface area contributed by atoms with Crippen LogP contribution in [0.2, 0.25) is 0 Å². The molecule has 0 aliphatic heterocycles. The van der Waals surface area contributed by atoms with Gasteiger partial charge < -0.3 is 4.42 Å². The van der Waals surface area contributed by atoms with Crippen molar-refractivity contribution in [2.45, 2.75) is 19.3 Å². The van der Waals surface area contributed by atoms with Gasteiger partial charge in [0, 0.05) is 43.7 Å². The minimum Gasteiger partial charge on any atom is -0.455 e. The zero-order valence-electron chi connectivity index (χ0n) is 29.3. The molecule has 0 radical (unpaired) electrons. The van der Waals surface area contributed by atoms with Crippen LogP contribution < -0.4 is 0 Å². The van der Waals surface area contributed by atoms with E-state index >= 15 is 0 Å². The highest BCUT2D eigenvalue weighted by molar-refractivity contribution is 6.14. The number of nitrogens with zero attached hydrogens (tertiary/aromatic N) is 3. The van der Waals surface area contributed by atoms with Crippen LogP contribution in [0.1, 0.15) is 25.0 Å². The van der Waals surface area contributed by atoms with Crippen molar-refractivity contribution in [2.75, 3.05) is 0 Å². The SMILES string of the molecule is CC1(C)c2cc(-c3cccc4c3oc3ccccc34)ccc2-c2ccc3c(c21)c1ccccc1n3-c1nc(-c2ccccc2)cc(-c2ccccc2)n1. The Hall–Kier alpha value is -6.78. The van der Waals surface area contributed by atoms with Gasteiger partial charge in [-0.25, -0.2) is 9.97 Å². The van der Waals surface area contributed by atoms with Gasteiger partial charge >= 0.3 is 0 Å². The summed E-state index contributed by atoms with van der Waals surface area (Å²) in [5.41, 5.74) is 15.1. The van der Waals surface area contributed by atoms with E-state index in [2.05, 4.69) is 164 Å². The maximum atomic E-state index is 6.48. The summed E-state index contributed by atoms with van der Waals surface area (Å²) in [6, 6.07) is 57.9. The van der Waals surface area contributed by atoms with Crippen molar-refractivity contribution in [2.24, 2.45) is 0 Å². The Balaban J connectivity index is 1.13. The molecule has 1 aliphatic carbocycles. The summed E-state index contributed by atoms with van der Waals surface area (Å²) < 4.78 is 8.74. The first-order valence-corrected chi connectivity index (χ1v) is 18.2. The minimum absolute atomic E-state index is 0.279. The van der Waals surface area contributed by atoms with Gasteiger partial charge in [0.25, 0.3) is 0 Å². The first-order valence-electron chi connectivity index (χ1n) is 18.2. The van der Waals surface area contributed by atoms with Crippen LogP contribution in [0.15, 0.2) is 168 Å². The van der Waals surface area contributed by atoms with Crippen molar-refractivity contribution in [3.63, 3.8) is 0 Å². The molecule has 0 unspecified atom stereocenters. The molecule has 3 aromatic heterocycles. The van der Waals surface area contributed by atoms with Crippen molar-refractivity contribution in [1.82, 2.24) is 14.5 Å². The van der Waals surface area contributed by atoms with Gasteiger partial charge in [0.15, 0.2) is 0 Å². The molecule has 4 nitrogen and oxygen atoms in total. The number of rotatable bonds is 4. The van der Waals surface area contributed by atoms with Gasteiger partial charge in [-0.15, -0.1) is 0 Å². The second-order valence-corrected chi connectivity index (χ2v) is 14.6. The Morgan fingerprint density at radius 3 is 1.89 bits per heavy atom. The predicted octanol–water partition coefficient (Wildman–Crippen LogP) is 12.8. The Morgan fingerprint density at radius 2 is 1.13 bits per heavy atom. The highest BCUT2D eigenvalue weighted by Gasteiger charge is 2.39. The van der Waals surface area contributed by atoms with Gasteiger partial charge in [-0.3, -0.25) is 4.57 Å². The summed E-state index contributed by atoms with van der Waals surface area (Å²) in [7, 11) is 0. The third-order valence-corrected chi connectivity index (χ3v) is 11.2. The summed E-state index contributed by atoms with van der Waals surface area (Å²) in [6.45, 7) is 4.74. The van der Waals surface area contributed by atoms with Gasteiger partial charge in [-0.05, 0) is 58.1 Å². The first-order chi connectivity index (χ1) is 26.0. The van der Waals surface area contributed by atoms with Crippen LogP contribution in [0, 0.1) is 0 Å². The molecule has 10 aromatic rings. The van der Waals surface area contributed by atoms with E-state index in [1.165, 1.54) is 33.0 Å². The molecular formula is C49H33N3O. The van der Waals surface area contributed by atoms with E-state index in [1.54, 1.807) is 0 Å². The molecule has 7 aromatic carbocycles. The number of hydrogen-bond acceptors (Lipinski definition) is 3. The van der Waals surface area contributed by atoms with Crippen molar-refractivity contribution in [3.8, 4) is 50.7 Å². The zero-order valence-corrected chi connectivity index (χ0v) is 29.3. The number of benzene rings is 7. The fourth-order valence-electron chi connectivity index (χ4n) is 8.77. The molecular weight excluding hydrogens is 647 g/mol. The zero-order chi connectivity index (χ0) is 35.3. The Morgan fingerprint density at radius 1 is 0.491 bits per heavy atom. The average Bonchev–Trinajstić information content (AvgIpc) is 3.84. The van der Waals surface area contributed by atoms with E-state index in [9.17, 15) is 0 Å². The van der Waals surface area contributed by atoms with Gasteiger partial charge in [-0.2, -0.15) is 0 Å². The van der Waals surface area contributed by atoms with Gasteiger partial charge in [0.05, 0.1) is 22.4 Å². The van der Waals surface area contributed by atoms with Gasteiger partial charge in [0.1, 0.15) is 11.2 Å². The predicted molar refractivity (Wildman–Crippen MR) is 218 cm³/mol. The van der Waals surface area contributed by atoms with Crippen LogP contribution in [-0.4, -0.2) is 14.5 Å². The van der Waals surface area contributed by atoms with E-state index in [0.29, 0.717) is 5.95 Å². The van der Waals surface area contributed by atoms with Crippen molar-refractivity contribution < 1.29 is 4.42 Å². The van der Waals surface area contributed by atoms with Crippen LogP contribution in [0.25, 0.3) is 94.5 Å². The summed E-state index contributed by atoms with van der Waals surface area (Å²) in [4.78, 5) is 10.5. The van der Waals surface area contributed by atoms with E-state index in [1.807, 2.05) is 18.2 Å². The standard InChI is InChI=1S/C49H33N3O/c1-49(2)39-28-32(33-20-13-21-37-35-18-10-12-23-44(35)53-47(33)37)24-25-34(39)36-26-27-43-45(46(36)49)38-19-9-11-22-42(38)52(43)48-50-40(30-14-5-3-6-15-30)29-41(51-48)31-16-7-4-8-17-31/h3-29H,1-2H3. The molecule has 0 fully saturated rings. The Bertz CT molecular complexity index is 3020. The van der Waals surface area contributed by atoms with Crippen molar-refractivity contribution >= 4 is 43.7 Å². The van der Waals surface area contributed by atoms with Crippen molar-refractivity contribution in [1.29, 1.82) is 0 Å². The molecule has 4 heteroatoms. The van der Waals surface area contributed by atoms with Crippen LogP contribution in [0.4, 0.5) is 0 Å². The van der Waals surface area contributed by atoms with E-state index < -0.39 is 0 Å². The summed E-state index contributed by atoms with van der Waals surface area (Å²) in [5.74, 6) is 0.658. The molecule has 1 aliphatic rings. The molecule has 3 heterocycles. The maximum Gasteiger partial charge on any atom is 0.235 e. The quantitative estimate of drug-likeness (QED) is 0.186. The van der Waals surface area contributed by atoms with E-state index in [-0.39, 0.29) is 5.41 Å². The summed E-state index contributed by atoms with van der Waals surface area (Å²) in [5, 5.41) is 4.73. The first kappa shape index (κ1) is 29.9. The number of fused-ring (bicyclic) bond motifs is 10. The molecule has 0 saturated heterocycles. The van der Waals surface area contributed by atoms with Crippen LogP contribution in [-0.2, 0) is 5.41 Å². The van der Waals surface area contributed by atoms with E-state index in [0.717, 1.165) is 66.6 Å². The number of hydrogen-bond donors (Lipinski definition) is 0. The minimum atomic E-state index is -0.279. The maximum absolute atomic E-state index is 6.48. The third kappa shape index (κ3) is 4.36. The Kier molecular flexibility index (Phi) is 6.27. The highest BCUT2D eigenvalue weighted by Crippen LogP contribution is 2.54. The van der Waals surface area contributed by atoms with Crippen LogP contribution in [0.3, 0.4) is 0 Å². The lowest BCUT2D eigenvalue weighted by molar-refractivity contribution is 0.665. The van der Waals surface area contributed by atoms with Crippen LogP contribution in [0.5, 0.6) is 0 Å². The summed E-state index contributed by atoms with van der Waals surface area (Å²) >= 11 is 0. The average molecular weight is 680 g/mol. The Labute approximate surface area is 306 Å². The summed E-state index contributed by atoms with van der Waals surface area (Å²) in [6.07, 6.45) is 0. The van der Waals surface area contributed by atoms with Crippen LogP contribution >= 0.6 is 0 Å². The lowest BCUT2D eigenvalue weighted by Crippen LogP contribution is -2.15. The topological polar surface area (TPSA) is 43.9 Å². The fourth-order valence-corrected chi connectivity index (χ4v) is 8.77. The number of para-hydroxylation sites is 3. The smallest absolute Gasteiger partial charge is 0.235 e. The largest absolute Gasteiger partial charge is 0.455 e. The van der Waals surface area contributed by atoms with Gasteiger partial charge in [0.2, 0.25) is 5.95 Å². The fraction of sp³-hybridized carbons (Fsp3) is 0.0612. The normalized spacial score (nSPS) is 13.2. The molecule has 250 valence electrons. The third-order valence-electron chi connectivity index (χ3n) is 11.2. The molecule has 53 heavy (non-hydrogen) atoms. The second-order valence-electron chi connectivity index (χ2n) is 14.6. The lowest BCUT2D eigenvalue weighted by Gasteiger charge is -2.23. The lowest BCUT2D eigenvalue weighted by atomic mass is 9.79. The molecule has 0 spiro atoms. The second kappa shape index (κ2) is 11.1. The van der Waals surface area contributed by atoms with E-state index in [4.69, 9.17) is 14.4 Å². The van der Waals surface area contributed by atoms with Crippen molar-refractivity contribution in [3.05, 3.63) is 175 Å². The molecule has 0 atom stereocenters. The molecule has 11 rings (SSSR count). The molecule has 0 N–H and O–H groups in total. The highest BCUT2D eigenvalue weighted by atomic mass is 16.3. The molecule has 0 saturated carbocycles. The monoisotopic (exact) mass is 679 g/mol.